The molecule has 1 aliphatic carbocycles. The number of ether oxygens (including phenoxy) is 1. The van der Waals surface area contributed by atoms with Crippen LogP contribution in [-0.2, 0) is 14.3 Å². The van der Waals surface area contributed by atoms with Crippen LogP contribution < -0.4 is 11.1 Å². The van der Waals surface area contributed by atoms with E-state index in [1.54, 1.807) is 0 Å². The lowest BCUT2D eigenvalue weighted by Gasteiger charge is -2.43. The van der Waals surface area contributed by atoms with Gasteiger partial charge in [0.25, 0.3) is 0 Å². The molecule has 0 aromatic rings. The van der Waals surface area contributed by atoms with Gasteiger partial charge in [-0.2, -0.15) is 0 Å². The average molecular weight is 244 g/mol. The van der Waals surface area contributed by atoms with Crippen LogP contribution in [0, 0.1) is 11.3 Å². The summed E-state index contributed by atoms with van der Waals surface area (Å²) in [6, 6.07) is 0. The largest absolute Gasteiger partial charge is 0.468 e. The van der Waals surface area contributed by atoms with Gasteiger partial charge in [-0.05, 0) is 18.8 Å². The van der Waals surface area contributed by atoms with E-state index in [1.807, 2.05) is 6.92 Å². The topological polar surface area (TPSA) is 81.4 Å². The molecule has 0 aromatic heterocycles. The fourth-order valence-corrected chi connectivity index (χ4v) is 2.28. The van der Waals surface area contributed by atoms with Gasteiger partial charge in [0.1, 0.15) is 6.54 Å². The fraction of sp³-hybridized carbons (Fsp3) is 0.700. The normalized spacial score (nSPS) is 27.8. The van der Waals surface area contributed by atoms with Crippen LogP contribution in [0.5, 0.6) is 0 Å². The zero-order valence-corrected chi connectivity index (χ0v) is 10.2. The molecule has 16 heavy (non-hydrogen) atoms. The summed E-state index contributed by atoms with van der Waals surface area (Å²) >= 11 is 4.92. The van der Waals surface area contributed by atoms with Crippen LogP contribution in [0.25, 0.3) is 0 Å². The number of nitrogens with two attached hydrogens (primary N) is 1. The molecule has 0 heterocycles. The van der Waals surface area contributed by atoms with Crippen molar-refractivity contribution in [2.75, 3.05) is 13.7 Å². The maximum absolute atomic E-state index is 11.9. The third kappa shape index (κ3) is 2.32. The summed E-state index contributed by atoms with van der Waals surface area (Å²) in [5, 5.41) is 2.50. The smallest absolute Gasteiger partial charge is 0.325 e. The summed E-state index contributed by atoms with van der Waals surface area (Å²) in [7, 11) is 1.27. The molecule has 1 rings (SSSR count). The van der Waals surface area contributed by atoms with Crippen molar-refractivity contribution in [2.45, 2.75) is 19.8 Å². The first-order valence-corrected chi connectivity index (χ1v) is 5.48. The Hall–Kier alpha value is -1.17. The highest BCUT2D eigenvalue weighted by Gasteiger charge is 2.50. The van der Waals surface area contributed by atoms with E-state index < -0.39 is 11.4 Å². The number of amides is 1. The molecule has 1 amide bonds. The standard InChI is InChI=1S/C10H16N2O3S/c1-6-3-10(4-6,8(11)16)9(14)12-5-7(13)15-2/h6H,3-5H2,1-2H3,(H2,11,16)(H,12,14). The van der Waals surface area contributed by atoms with Crippen LogP contribution >= 0.6 is 12.2 Å². The lowest BCUT2D eigenvalue weighted by molar-refractivity contribution is -0.143. The van der Waals surface area contributed by atoms with Crippen molar-refractivity contribution >= 4 is 29.1 Å². The van der Waals surface area contributed by atoms with Crippen molar-refractivity contribution in [3.8, 4) is 0 Å². The highest BCUT2D eigenvalue weighted by atomic mass is 32.1. The molecule has 90 valence electrons. The van der Waals surface area contributed by atoms with Gasteiger partial charge < -0.3 is 15.8 Å². The molecule has 0 radical (unpaired) electrons. The third-order valence-corrected chi connectivity index (χ3v) is 3.31. The third-order valence-electron chi connectivity index (χ3n) is 2.92. The lowest BCUT2D eigenvalue weighted by Crippen LogP contribution is -2.56. The molecule has 6 heteroatoms. The number of nitrogens with one attached hydrogen (secondary N) is 1. The Morgan fingerprint density at radius 1 is 1.56 bits per heavy atom. The first-order valence-electron chi connectivity index (χ1n) is 5.07. The Kier molecular flexibility index (Phi) is 3.85. The van der Waals surface area contributed by atoms with E-state index >= 15 is 0 Å². The van der Waals surface area contributed by atoms with Crippen molar-refractivity contribution in [3.63, 3.8) is 0 Å². The number of methoxy groups -OCH3 is 1. The summed E-state index contributed by atoms with van der Waals surface area (Å²) in [5.74, 6) is -0.326. The molecule has 3 N–H and O–H groups in total. The molecule has 5 nitrogen and oxygen atoms in total. The van der Waals surface area contributed by atoms with Crippen LogP contribution in [-0.4, -0.2) is 30.5 Å². The van der Waals surface area contributed by atoms with Crippen LogP contribution in [0.15, 0.2) is 0 Å². The molecule has 0 unspecified atom stereocenters. The van der Waals surface area contributed by atoms with E-state index in [4.69, 9.17) is 18.0 Å². The van der Waals surface area contributed by atoms with Gasteiger partial charge in [0.15, 0.2) is 0 Å². The highest BCUT2D eigenvalue weighted by Crippen LogP contribution is 2.45. The second-order valence-electron chi connectivity index (χ2n) is 4.22. The molecular formula is C10H16N2O3S. The van der Waals surface area contributed by atoms with E-state index in [-0.39, 0.29) is 17.4 Å². The van der Waals surface area contributed by atoms with E-state index in [0.29, 0.717) is 18.8 Å². The van der Waals surface area contributed by atoms with Crippen LogP contribution in [0.2, 0.25) is 0 Å². The monoisotopic (exact) mass is 244 g/mol. The van der Waals surface area contributed by atoms with Crippen molar-refractivity contribution in [1.82, 2.24) is 5.32 Å². The van der Waals surface area contributed by atoms with Gasteiger partial charge in [0, 0.05) is 0 Å². The number of thiocarbonyl (C=S) groups is 1. The van der Waals surface area contributed by atoms with Crippen LogP contribution in [0.1, 0.15) is 19.8 Å². The van der Waals surface area contributed by atoms with Gasteiger partial charge in [-0.15, -0.1) is 0 Å². The van der Waals surface area contributed by atoms with E-state index in [9.17, 15) is 9.59 Å². The summed E-state index contributed by atoms with van der Waals surface area (Å²) in [6.07, 6.45) is 1.30. The molecule has 0 bridgehead atoms. The van der Waals surface area contributed by atoms with Gasteiger partial charge in [0.2, 0.25) is 5.91 Å². The predicted octanol–water partition coefficient (Wildman–Crippen LogP) is -0.0220. The van der Waals surface area contributed by atoms with Gasteiger partial charge in [-0.3, -0.25) is 9.59 Å². The minimum Gasteiger partial charge on any atom is -0.468 e. The predicted molar refractivity (Wildman–Crippen MR) is 62.6 cm³/mol. The Morgan fingerprint density at radius 3 is 2.50 bits per heavy atom. The summed E-state index contributed by atoms with van der Waals surface area (Å²) in [6.45, 7) is 1.89. The second kappa shape index (κ2) is 4.78. The summed E-state index contributed by atoms with van der Waals surface area (Å²) in [5.41, 5.74) is 4.83. The van der Waals surface area contributed by atoms with Gasteiger partial charge >= 0.3 is 5.97 Å². The van der Waals surface area contributed by atoms with Crippen molar-refractivity contribution in [3.05, 3.63) is 0 Å². The first-order chi connectivity index (χ1) is 7.42. The second-order valence-corrected chi connectivity index (χ2v) is 4.66. The number of hydrogen-bond donors (Lipinski definition) is 2. The van der Waals surface area contributed by atoms with Crippen LogP contribution in [0.4, 0.5) is 0 Å². The molecule has 0 saturated heterocycles. The molecule has 0 aliphatic heterocycles. The molecular weight excluding hydrogens is 228 g/mol. The van der Waals surface area contributed by atoms with E-state index in [2.05, 4.69) is 10.1 Å². The molecule has 1 aliphatic rings. The molecule has 1 saturated carbocycles. The number of hydrogen-bond acceptors (Lipinski definition) is 4. The Morgan fingerprint density at radius 2 is 2.12 bits per heavy atom. The Labute approximate surface area is 99.7 Å². The maximum atomic E-state index is 11.9. The number of carbonyl (C=O) groups is 2. The highest BCUT2D eigenvalue weighted by molar-refractivity contribution is 7.80. The minimum atomic E-state index is -0.761. The molecule has 0 aromatic carbocycles. The molecule has 0 spiro atoms. The van der Waals surface area contributed by atoms with Gasteiger partial charge in [-0.1, -0.05) is 19.1 Å². The summed E-state index contributed by atoms with van der Waals surface area (Å²) in [4.78, 5) is 23.0. The van der Waals surface area contributed by atoms with E-state index in [1.165, 1.54) is 7.11 Å². The quantitative estimate of drug-likeness (QED) is 0.536. The Bertz CT molecular complexity index is 324. The summed E-state index contributed by atoms with van der Waals surface area (Å²) < 4.78 is 4.43. The Balaban J connectivity index is 2.57. The van der Waals surface area contributed by atoms with Crippen molar-refractivity contribution < 1.29 is 14.3 Å². The zero-order chi connectivity index (χ0) is 12.3. The minimum absolute atomic E-state index is 0.145. The number of carbonyl (C=O) groups excluding carboxylic acids is 2. The SMILES string of the molecule is COC(=O)CNC(=O)C1(C(N)=S)CC(C)C1. The fourth-order valence-electron chi connectivity index (χ4n) is 2.02. The van der Waals surface area contributed by atoms with Gasteiger partial charge in [-0.25, -0.2) is 0 Å². The average Bonchev–Trinajstić information content (AvgIpc) is 2.19. The number of rotatable bonds is 4. The van der Waals surface area contributed by atoms with E-state index in [0.717, 1.165) is 0 Å². The van der Waals surface area contributed by atoms with Crippen molar-refractivity contribution in [1.29, 1.82) is 0 Å². The van der Waals surface area contributed by atoms with Gasteiger partial charge in [0.05, 0.1) is 17.5 Å². The van der Waals surface area contributed by atoms with Crippen LogP contribution in [0.3, 0.4) is 0 Å². The molecule has 0 atom stereocenters. The molecule has 1 fully saturated rings. The first kappa shape index (κ1) is 12.9. The maximum Gasteiger partial charge on any atom is 0.325 e. The lowest BCUT2D eigenvalue weighted by atomic mass is 9.62. The number of esters is 1. The van der Waals surface area contributed by atoms with Crippen molar-refractivity contribution in [2.24, 2.45) is 17.1 Å². The zero-order valence-electron chi connectivity index (χ0n) is 9.41.